The molecule has 0 radical (unpaired) electrons. The number of fused-ring (bicyclic) bond motifs is 2. The Hall–Kier alpha value is -7.49. The van der Waals surface area contributed by atoms with Crippen LogP contribution in [0.5, 0.6) is 0 Å². The first-order valence-corrected chi connectivity index (χ1v) is 18.5. The lowest BCUT2D eigenvalue weighted by molar-refractivity contribution is 1.07. The van der Waals surface area contributed by atoms with E-state index in [1.807, 2.05) is 78.9 Å². The van der Waals surface area contributed by atoms with Crippen molar-refractivity contribution in [1.29, 1.82) is 0 Å². The molecular weight excluding hydrogens is 679 g/mol. The lowest BCUT2D eigenvalue weighted by Crippen LogP contribution is -2.00. The smallest absolute Gasteiger partial charge is 0.164 e. The second-order valence-corrected chi connectivity index (χ2v) is 13.7. The molecule has 56 heavy (non-hydrogen) atoms. The molecular formula is C53H35N3. The summed E-state index contributed by atoms with van der Waals surface area (Å²) in [5, 5.41) is 4.48. The van der Waals surface area contributed by atoms with Gasteiger partial charge in [0.2, 0.25) is 0 Å². The van der Waals surface area contributed by atoms with Crippen molar-refractivity contribution in [3.05, 3.63) is 212 Å². The molecule has 0 amide bonds. The van der Waals surface area contributed by atoms with Crippen LogP contribution < -0.4 is 0 Å². The topological polar surface area (TPSA) is 38.7 Å². The fourth-order valence-corrected chi connectivity index (χ4v) is 7.35. The normalized spacial score (nSPS) is 12.5. The highest BCUT2D eigenvalue weighted by molar-refractivity contribution is 5.99. The molecule has 0 atom stereocenters. The average molecular weight is 719 g/mol. The number of rotatable bonds is 7. The summed E-state index contributed by atoms with van der Waals surface area (Å²) in [5.74, 6) is 1.34. The molecule has 10 rings (SSSR count). The van der Waals surface area contributed by atoms with Crippen LogP contribution >= 0.6 is 0 Å². The maximum absolute atomic E-state index is 8.94. The van der Waals surface area contributed by atoms with Crippen LogP contribution in [0.1, 0.15) is 6.85 Å². The number of aromatic nitrogens is 3. The largest absolute Gasteiger partial charge is 0.208 e. The first-order valence-electron chi connectivity index (χ1n) is 21.0. The van der Waals surface area contributed by atoms with E-state index in [1.54, 1.807) is 0 Å². The third-order valence-electron chi connectivity index (χ3n) is 10.1. The summed E-state index contributed by atoms with van der Waals surface area (Å²) in [4.78, 5) is 15.1. The van der Waals surface area contributed by atoms with E-state index in [2.05, 4.69) is 103 Å². The summed E-state index contributed by atoms with van der Waals surface area (Å²) in [6.07, 6.45) is 0. The van der Waals surface area contributed by atoms with Crippen LogP contribution in [-0.2, 0) is 0 Å². The minimum absolute atomic E-state index is 0.0998. The van der Waals surface area contributed by atoms with Gasteiger partial charge in [0.25, 0.3) is 0 Å². The molecule has 0 N–H and O–H groups in total. The van der Waals surface area contributed by atoms with E-state index in [1.165, 1.54) is 16.3 Å². The highest BCUT2D eigenvalue weighted by Gasteiger charge is 2.16. The van der Waals surface area contributed by atoms with Gasteiger partial charge >= 0.3 is 0 Å². The Kier molecular flexibility index (Phi) is 7.20. The van der Waals surface area contributed by atoms with E-state index in [0.29, 0.717) is 28.6 Å². The molecule has 0 fully saturated rings. The minimum atomic E-state index is -0.445. The number of hydrogen-bond acceptors (Lipinski definition) is 3. The molecule has 0 saturated carbocycles. The molecule has 0 spiro atoms. The first-order chi connectivity index (χ1) is 29.8. The summed E-state index contributed by atoms with van der Waals surface area (Å²) < 4.78 is 43.2. The fraction of sp³-hybridized carbons (Fsp3) is 0. The Balaban J connectivity index is 1.16. The lowest BCUT2D eigenvalue weighted by Gasteiger charge is -2.13. The third-order valence-corrected chi connectivity index (χ3v) is 10.1. The minimum Gasteiger partial charge on any atom is -0.208 e. The Bertz CT molecular complexity index is 3280. The van der Waals surface area contributed by atoms with Gasteiger partial charge in [0.05, 0.1) is 6.85 Å². The molecule has 0 aliphatic heterocycles. The van der Waals surface area contributed by atoms with Gasteiger partial charge in [-0.15, -0.1) is 0 Å². The van der Waals surface area contributed by atoms with Gasteiger partial charge in [0.1, 0.15) is 0 Å². The summed E-state index contributed by atoms with van der Waals surface area (Å²) in [6.45, 7) is 0. The molecule has 3 heteroatoms. The Morgan fingerprint density at radius 3 is 1.55 bits per heavy atom. The van der Waals surface area contributed by atoms with E-state index in [9.17, 15) is 0 Å². The summed E-state index contributed by atoms with van der Waals surface area (Å²) >= 11 is 0. The van der Waals surface area contributed by atoms with Gasteiger partial charge in [-0.05, 0) is 102 Å². The molecule has 0 unspecified atom stereocenters. The van der Waals surface area contributed by atoms with Gasteiger partial charge in [0, 0.05) is 16.7 Å². The molecule has 0 bridgehead atoms. The van der Waals surface area contributed by atoms with Crippen LogP contribution in [-0.4, -0.2) is 15.0 Å². The summed E-state index contributed by atoms with van der Waals surface area (Å²) in [5.41, 5.74) is 8.80. The van der Waals surface area contributed by atoms with Gasteiger partial charge in [-0.2, -0.15) is 0 Å². The van der Waals surface area contributed by atoms with E-state index in [0.717, 1.165) is 49.7 Å². The van der Waals surface area contributed by atoms with Crippen molar-refractivity contribution in [2.75, 3.05) is 0 Å². The maximum Gasteiger partial charge on any atom is 0.164 e. The maximum atomic E-state index is 8.94. The highest BCUT2D eigenvalue weighted by Crippen LogP contribution is 2.36. The molecule has 9 aromatic carbocycles. The van der Waals surface area contributed by atoms with Crippen LogP contribution in [0, 0.1) is 0 Å². The summed E-state index contributed by atoms with van der Waals surface area (Å²) in [6, 6.07) is 59.4. The second-order valence-electron chi connectivity index (χ2n) is 13.7. The zero-order valence-electron chi connectivity index (χ0n) is 35.2. The van der Waals surface area contributed by atoms with Gasteiger partial charge in [-0.3, -0.25) is 0 Å². The van der Waals surface area contributed by atoms with E-state index >= 15 is 0 Å². The quantitative estimate of drug-likeness (QED) is 0.165. The van der Waals surface area contributed by atoms with Crippen LogP contribution in [0.3, 0.4) is 0 Å². The molecule has 1 aromatic heterocycles. The molecule has 0 aliphatic carbocycles. The van der Waals surface area contributed by atoms with Gasteiger partial charge < -0.3 is 0 Å². The molecule has 3 nitrogen and oxygen atoms in total. The van der Waals surface area contributed by atoms with E-state index in [4.69, 9.17) is 21.8 Å². The van der Waals surface area contributed by atoms with Crippen molar-refractivity contribution in [3.63, 3.8) is 0 Å². The molecule has 1 heterocycles. The molecule has 262 valence electrons. The fourth-order valence-electron chi connectivity index (χ4n) is 7.35. The van der Waals surface area contributed by atoms with Crippen molar-refractivity contribution < 1.29 is 6.85 Å². The van der Waals surface area contributed by atoms with Crippen molar-refractivity contribution in [2.45, 2.75) is 0 Å². The van der Waals surface area contributed by atoms with Crippen molar-refractivity contribution in [1.82, 2.24) is 15.0 Å². The van der Waals surface area contributed by atoms with Crippen molar-refractivity contribution in [2.24, 2.45) is 0 Å². The van der Waals surface area contributed by atoms with Gasteiger partial charge in [0.15, 0.2) is 17.5 Å². The SMILES string of the molecule is [2H]c1c([2H])c([2H])c(-c2cc(-c3ccc4cc(-c5cccc6ccccc56)ccc4c3)cc(-c3nc(-c4ccccc4)nc(-c4cccc(-c5ccccc5)c4)n3)c2)c([2H])c1[2H]. The molecule has 0 saturated heterocycles. The third kappa shape index (κ3) is 6.52. The second kappa shape index (κ2) is 14.4. The zero-order valence-corrected chi connectivity index (χ0v) is 30.2. The van der Waals surface area contributed by atoms with Crippen molar-refractivity contribution >= 4 is 21.5 Å². The molecule has 0 aliphatic rings. The van der Waals surface area contributed by atoms with Crippen molar-refractivity contribution in [3.8, 4) is 78.7 Å². The van der Waals surface area contributed by atoms with E-state index in [-0.39, 0.29) is 17.6 Å². The monoisotopic (exact) mass is 718 g/mol. The predicted molar refractivity (Wildman–Crippen MR) is 233 cm³/mol. The number of nitrogens with zero attached hydrogens (tertiary/aromatic N) is 3. The van der Waals surface area contributed by atoms with E-state index < -0.39 is 18.1 Å². The molecule has 10 aromatic rings. The van der Waals surface area contributed by atoms with Gasteiger partial charge in [-0.25, -0.2) is 15.0 Å². The average Bonchev–Trinajstić information content (AvgIpc) is 3.32. The van der Waals surface area contributed by atoms with Crippen LogP contribution in [0.2, 0.25) is 0 Å². The Morgan fingerprint density at radius 2 is 0.786 bits per heavy atom. The van der Waals surface area contributed by atoms with Crippen LogP contribution in [0.25, 0.3) is 100 Å². The Labute approximate surface area is 333 Å². The lowest BCUT2D eigenvalue weighted by atomic mass is 9.93. The zero-order chi connectivity index (χ0) is 41.6. The summed E-state index contributed by atoms with van der Waals surface area (Å²) in [7, 11) is 0. The van der Waals surface area contributed by atoms with Gasteiger partial charge in [-0.1, -0.05) is 176 Å². The highest BCUT2D eigenvalue weighted by atomic mass is 15.0. The van der Waals surface area contributed by atoms with Crippen LogP contribution in [0.15, 0.2) is 212 Å². The predicted octanol–water partition coefficient (Wildman–Crippen LogP) is 13.8. The first kappa shape index (κ1) is 28.0. The Morgan fingerprint density at radius 1 is 0.286 bits per heavy atom. The number of benzene rings is 9. The standard InChI is InChI=1S/C53H35N3/c1-4-14-36(15-5-1)40-22-12-23-45(32-40)52-54-51(39-19-8-3-9-20-39)55-53(56-52)48-34-46(37-16-6-2-7-17-37)33-47(35-48)43-27-26-42-31-44(29-28-41(42)30-43)50-25-13-21-38-18-10-11-24-49(38)50/h1-35H/i2D,6D,7D,16D,17D. The van der Waals surface area contributed by atoms with Crippen LogP contribution in [0.4, 0.5) is 0 Å². The number of hydrogen-bond donors (Lipinski definition) is 0.